The van der Waals surface area contributed by atoms with Gasteiger partial charge in [-0.2, -0.15) is 0 Å². The zero-order chi connectivity index (χ0) is 17.5. The van der Waals surface area contributed by atoms with Crippen molar-refractivity contribution in [2.45, 2.75) is 0 Å². The fourth-order valence-electron chi connectivity index (χ4n) is 2.50. The van der Waals surface area contributed by atoms with E-state index < -0.39 is 0 Å². The number of aromatic nitrogens is 1. The van der Waals surface area contributed by atoms with E-state index in [0.717, 1.165) is 22.4 Å². The van der Waals surface area contributed by atoms with E-state index in [0.29, 0.717) is 0 Å². The Morgan fingerprint density at radius 2 is 1.48 bits per heavy atom. The first-order valence-corrected chi connectivity index (χ1v) is 8.10. The van der Waals surface area contributed by atoms with Crippen LogP contribution in [0, 0.1) is 0 Å². The molecule has 0 spiro atoms. The summed E-state index contributed by atoms with van der Waals surface area (Å²) >= 11 is 0. The quantitative estimate of drug-likeness (QED) is 0.768. The van der Waals surface area contributed by atoms with Crippen LogP contribution >= 0.6 is 0 Å². The Morgan fingerprint density at radius 1 is 0.800 bits per heavy atom. The monoisotopic (exact) mass is 329 g/mol. The SMILES string of the molecule is O=c1cc(/C=C/c2ccccc2)ccn1-c1ccc(/C=C/CO)cc1. The Bertz CT molecular complexity index is 936. The van der Waals surface area contributed by atoms with Gasteiger partial charge in [-0.3, -0.25) is 9.36 Å². The maximum absolute atomic E-state index is 12.4. The lowest BCUT2D eigenvalue weighted by atomic mass is 10.1. The molecule has 25 heavy (non-hydrogen) atoms. The van der Waals surface area contributed by atoms with Gasteiger partial charge in [0.2, 0.25) is 0 Å². The molecule has 1 heterocycles. The van der Waals surface area contributed by atoms with Crippen molar-refractivity contribution in [3.63, 3.8) is 0 Å². The van der Waals surface area contributed by atoms with Gasteiger partial charge in [-0.05, 0) is 34.9 Å². The zero-order valence-electron chi connectivity index (χ0n) is 13.7. The average Bonchev–Trinajstić information content (AvgIpc) is 2.66. The van der Waals surface area contributed by atoms with Crippen molar-refractivity contribution >= 4 is 18.2 Å². The molecule has 3 heteroatoms. The standard InChI is InChI=1S/C22H19NO2/c24-16-4-7-19-10-12-21(13-11-19)23-15-14-20(17-22(23)25)9-8-18-5-2-1-3-6-18/h1-15,17,24H,16H2/b7-4+,9-8+. The second-order valence-corrected chi connectivity index (χ2v) is 5.59. The number of hydrogen-bond donors (Lipinski definition) is 1. The highest BCUT2D eigenvalue weighted by Gasteiger charge is 2.00. The van der Waals surface area contributed by atoms with Gasteiger partial charge in [0.05, 0.1) is 6.61 Å². The van der Waals surface area contributed by atoms with Crippen LogP contribution < -0.4 is 5.56 Å². The third-order valence-electron chi connectivity index (χ3n) is 3.80. The molecular weight excluding hydrogens is 310 g/mol. The van der Waals surface area contributed by atoms with Crippen LogP contribution in [0.15, 0.2) is 83.8 Å². The lowest BCUT2D eigenvalue weighted by Gasteiger charge is -2.06. The highest BCUT2D eigenvalue weighted by molar-refractivity contribution is 5.69. The smallest absolute Gasteiger partial charge is 0.255 e. The van der Waals surface area contributed by atoms with Crippen LogP contribution in [0.25, 0.3) is 23.9 Å². The molecule has 0 radical (unpaired) electrons. The van der Waals surface area contributed by atoms with E-state index in [1.54, 1.807) is 22.9 Å². The molecule has 3 aromatic rings. The number of aliphatic hydroxyl groups is 1. The van der Waals surface area contributed by atoms with Crippen molar-refractivity contribution in [3.05, 3.63) is 106 Å². The Labute approximate surface area is 146 Å². The Balaban J connectivity index is 1.81. The van der Waals surface area contributed by atoms with Gasteiger partial charge in [0, 0.05) is 18.0 Å². The predicted octanol–water partition coefficient (Wildman–Crippen LogP) is 4.01. The summed E-state index contributed by atoms with van der Waals surface area (Å²) < 4.78 is 1.61. The minimum Gasteiger partial charge on any atom is -0.392 e. The van der Waals surface area contributed by atoms with Crippen molar-refractivity contribution in [1.82, 2.24) is 4.57 Å². The van der Waals surface area contributed by atoms with Crippen LogP contribution in [0.4, 0.5) is 0 Å². The van der Waals surface area contributed by atoms with Crippen LogP contribution in [0.3, 0.4) is 0 Å². The Hall–Kier alpha value is -3.17. The molecule has 0 unspecified atom stereocenters. The highest BCUT2D eigenvalue weighted by Crippen LogP contribution is 2.11. The summed E-state index contributed by atoms with van der Waals surface area (Å²) in [5, 5.41) is 8.80. The third kappa shape index (κ3) is 4.43. The number of pyridine rings is 1. The largest absolute Gasteiger partial charge is 0.392 e. The molecule has 1 aromatic heterocycles. The topological polar surface area (TPSA) is 42.2 Å². The number of nitrogens with zero attached hydrogens (tertiary/aromatic N) is 1. The van der Waals surface area contributed by atoms with E-state index in [4.69, 9.17) is 5.11 Å². The highest BCUT2D eigenvalue weighted by atomic mass is 16.2. The van der Waals surface area contributed by atoms with Crippen molar-refractivity contribution in [2.75, 3.05) is 6.61 Å². The number of hydrogen-bond acceptors (Lipinski definition) is 2. The van der Waals surface area contributed by atoms with Crippen molar-refractivity contribution < 1.29 is 5.11 Å². The van der Waals surface area contributed by atoms with E-state index >= 15 is 0 Å². The molecule has 0 fully saturated rings. The summed E-state index contributed by atoms with van der Waals surface area (Å²) in [6.45, 7) is 0.0131. The van der Waals surface area contributed by atoms with Crippen LogP contribution in [0.5, 0.6) is 0 Å². The van der Waals surface area contributed by atoms with Crippen molar-refractivity contribution in [3.8, 4) is 5.69 Å². The first kappa shape index (κ1) is 16.7. The molecule has 0 aliphatic heterocycles. The summed E-state index contributed by atoms with van der Waals surface area (Å²) in [6, 6.07) is 21.1. The lowest BCUT2D eigenvalue weighted by Crippen LogP contribution is -2.16. The first-order valence-electron chi connectivity index (χ1n) is 8.10. The van der Waals surface area contributed by atoms with Gasteiger partial charge in [-0.15, -0.1) is 0 Å². The van der Waals surface area contributed by atoms with Crippen molar-refractivity contribution in [1.29, 1.82) is 0 Å². The number of rotatable bonds is 5. The Morgan fingerprint density at radius 3 is 2.16 bits per heavy atom. The second kappa shape index (κ2) is 8.08. The van der Waals surface area contributed by atoms with E-state index in [2.05, 4.69) is 0 Å². The van der Waals surface area contributed by atoms with E-state index in [1.165, 1.54) is 0 Å². The molecule has 1 N–H and O–H groups in total. The maximum Gasteiger partial charge on any atom is 0.255 e. The van der Waals surface area contributed by atoms with Crippen LogP contribution in [0.2, 0.25) is 0 Å². The molecule has 0 bridgehead atoms. The summed E-state index contributed by atoms with van der Waals surface area (Å²) in [5.74, 6) is 0. The van der Waals surface area contributed by atoms with Crippen molar-refractivity contribution in [2.24, 2.45) is 0 Å². The minimum atomic E-state index is -0.0751. The minimum absolute atomic E-state index is 0.0131. The van der Waals surface area contributed by atoms with Gasteiger partial charge in [0.1, 0.15) is 0 Å². The molecule has 124 valence electrons. The molecule has 0 saturated heterocycles. The van der Waals surface area contributed by atoms with Gasteiger partial charge in [0.25, 0.3) is 5.56 Å². The molecule has 0 amide bonds. The van der Waals surface area contributed by atoms with Gasteiger partial charge >= 0.3 is 0 Å². The van der Waals surface area contributed by atoms with E-state index in [1.807, 2.05) is 78.9 Å². The normalized spacial score (nSPS) is 11.4. The molecule has 3 nitrogen and oxygen atoms in total. The van der Waals surface area contributed by atoms with Crippen LogP contribution in [-0.4, -0.2) is 16.3 Å². The summed E-state index contributed by atoms with van der Waals surface area (Å²) in [4.78, 5) is 12.4. The zero-order valence-corrected chi connectivity index (χ0v) is 13.7. The predicted molar refractivity (Wildman–Crippen MR) is 104 cm³/mol. The molecule has 2 aromatic carbocycles. The molecule has 0 aliphatic rings. The van der Waals surface area contributed by atoms with Gasteiger partial charge in [0.15, 0.2) is 0 Å². The lowest BCUT2D eigenvalue weighted by molar-refractivity contribution is 0.343. The molecule has 3 rings (SSSR count). The summed E-state index contributed by atoms with van der Waals surface area (Å²) in [7, 11) is 0. The first-order chi connectivity index (χ1) is 12.3. The van der Waals surface area contributed by atoms with Gasteiger partial charge < -0.3 is 5.11 Å². The van der Waals surface area contributed by atoms with Gasteiger partial charge in [-0.25, -0.2) is 0 Å². The second-order valence-electron chi connectivity index (χ2n) is 5.59. The fourth-order valence-corrected chi connectivity index (χ4v) is 2.50. The van der Waals surface area contributed by atoms with Gasteiger partial charge in [-0.1, -0.05) is 66.8 Å². The van der Waals surface area contributed by atoms with Crippen LogP contribution in [-0.2, 0) is 0 Å². The Kier molecular flexibility index (Phi) is 5.39. The maximum atomic E-state index is 12.4. The van der Waals surface area contributed by atoms with Crippen LogP contribution in [0.1, 0.15) is 16.7 Å². The molecular formula is C22H19NO2. The summed E-state index contributed by atoms with van der Waals surface area (Å²) in [5.41, 5.74) is 3.68. The third-order valence-corrected chi connectivity index (χ3v) is 3.80. The van der Waals surface area contributed by atoms with E-state index in [9.17, 15) is 4.79 Å². The fraction of sp³-hybridized carbons (Fsp3) is 0.0455. The number of benzene rings is 2. The summed E-state index contributed by atoms with van der Waals surface area (Å²) in [6.07, 6.45) is 9.22. The van der Waals surface area contributed by atoms with E-state index in [-0.39, 0.29) is 12.2 Å². The number of aliphatic hydroxyl groups excluding tert-OH is 1. The average molecular weight is 329 g/mol. The molecule has 0 aliphatic carbocycles. The molecule has 0 atom stereocenters. The molecule has 0 saturated carbocycles.